The van der Waals surface area contributed by atoms with E-state index in [0.717, 1.165) is 28.4 Å². The highest BCUT2D eigenvalue weighted by atomic mass is 16.3. The van der Waals surface area contributed by atoms with Crippen molar-refractivity contribution in [2.45, 2.75) is 32.9 Å². The normalized spacial score (nSPS) is 14.4. The standard InChI is InChI=1S/C17H21N3O2/c1-12-8-15(13(2)22-12)17(3,21)11-18-9-14-10-20-7-5-4-6-16(20)19-14/h4-8,10,18,21H,9,11H2,1-3H3. The van der Waals surface area contributed by atoms with Crippen LogP contribution in [-0.4, -0.2) is 21.0 Å². The number of fused-ring (bicyclic) bond motifs is 1. The number of pyridine rings is 1. The molecule has 0 spiro atoms. The summed E-state index contributed by atoms with van der Waals surface area (Å²) in [6.45, 7) is 6.59. The summed E-state index contributed by atoms with van der Waals surface area (Å²) in [4.78, 5) is 4.53. The number of hydrogen-bond acceptors (Lipinski definition) is 4. The van der Waals surface area contributed by atoms with Crippen molar-refractivity contribution in [1.29, 1.82) is 0 Å². The Balaban J connectivity index is 1.65. The van der Waals surface area contributed by atoms with Gasteiger partial charge in [0.05, 0.1) is 5.69 Å². The van der Waals surface area contributed by atoms with E-state index in [9.17, 15) is 5.11 Å². The Hall–Kier alpha value is -2.11. The molecule has 0 amide bonds. The van der Waals surface area contributed by atoms with Crippen LogP contribution < -0.4 is 5.32 Å². The predicted octanol–water partition coefficient (Wildman–Crippen LogP) is 2.54. The molecule has 0 aliphatic carbocycles. The smallest absolute Gasteiger partial charge is 0.137 e. The topological polar surface area (TPSA) is 62.7 Å². The largest absolute Gasteiger partial charge is 0.466 e. The molecule has 2 N–H and O–H groups in total. The molecular weight excluding hydrogens is 278 g/mol. The first-order valence-corrected chi connectivity index (χ1v) is 7.39. The van der Waals surface area contributed by atoms with Crippen LogP contribution in [0.1, 0.15) is 29.7 Å². The number of aryl methyl sites for hydroxylation is 2. The number of imidazole rings is 1. The summed E-state index contributed by atoms with van der Waals surface area (Å²) in [5, 5.41) is 13.9. The van der Waals surface area contributed by atoms with Crippen molar-refractivity contribution < 1.29 is 9.52 Å². The van der Waals surface area contributed by atoms with E-state index in [1.54, 1.807) is 6.92 Å². The fourth-order valence-corrected chi connectivity index (χ4v) is 2.77. The van der Waals surface area contributed by atoms with Gasteiger partial charge in [0.15, 0.2) is 0 Å². The number of hydrogen-bond donors (Lipinski definition) is 2. The molecule has 0 saturated heterocycles. The zero-order chi connectivity index (χ0) is 15.7. The Morgan fingerprint density at radius 2 is 2.18 bits per heavy atom. The molecule has 116 valence electrons. The molecule has 1 unspecified atom stereocenters. The monoisotopic (exact) mass is 299 g/mol. The van der Waals surface area contributed by atoms with Gasteiger partial charge in [-0.15, -0.1) is 0 Å². The highest BCUT2D eigenvalue weighted by Gasteiger charge is 2.27. The third-order valence-corrected chi connectivity index (χ3v) is 3.81. The lowest BCUT2D eigenvalue weighted by atomic mass is 9.96. The fourth-order valence-electron chi connectivity index (χ4n) is 2.77. The second kappa shape index (κ2) is 5.59. The summed E-state index contributed by atoms with van der Waals surface area (Å²) in [7, 11) is 0. The maximum Gasteiger partial charge on any atom is 0.137 e. The molecule has 0 radical (unpaired) electrons. The van der Waals surface area contributed by atoms with Gasteiger partial charge in [0, 0.05) is 31.0 Å². The average molecular weight is 299 g/mol. The molecule has 3 aromatic heterocycles. The van der Waals surface area contributed by atoms with Gasteiger partial charge in [0.2, 0.25) is 0 Å². The predicted molar refractivity (Wildman–Crippen MR) is 84.7 cm³/mol. The highest BCUT2D eigenvalue weighted by Crippen LogP contribution is 2.26. The lowest BCUT2D eigenvalue weighted by molar-refractivity contribution is 0.0551. The molecular formula is C17H21N3O2. The van der Waals surface area contributed by atoms with Crippen LogP contribution in [0.4, 0.5) is 0 Å². The van der Waals surface area contributed by atoms with E-state index < -0.39 is 5.60 Å². The Labute approximate surface area is 129 Å². The van der Waals surface area contributed by atoms with Gasteiger partial charge in [0.25, 0.3) is 0 Å². The Morgan fingerprint density at radius 1 is 1.36 bits per heavy atom. The second-order valence-corrected chi connectivity index (χ2v) is 5.90. The van der Waals surface area contributed by atoms with E-state index in [4.69, 9.17) is 4.42 Å². The van der Waals surface area contributed by atoms with Crippen molar-refractivity contribution in [3.63, 3.8) is 0 Å². The van der Waals surface area contributed by atoms with Gasteiger partial charge < -0.3 is 19.2 Å². The van der Waals surface area contributed by atoms with Crippen molar-refractivity contribution in [2.24, 2.45) is 0 Å². The Kier molecular flexibility index (Phi) is 3.76. The van der Waals surface area contributed by atoms with Crippen molar-refractivity contribution in [2.75, 3.05) is 6.54 Å². The van der Waals surface area contributed by atoms with Gasteiger partial charge in [-0.25, -0.2) is 4.98 Å². The minimum atomic E-state index is -0.971. The molecule has 0 aliphatic rings. The number of nitrogens with one attached hydrogen (secondary N) is 1. The van der Waals surface area contributed by atoms with Gasteiger partial charge in [-0.2, -0.15) is 0 Å². The van der Waals surface area contributed by atoms with Crippen molar-refractivity contribution >= 4 is 5.65 Å². The molecule has 0 fully saturated rings. The molecule has 5 heteroatoms. The molecule has 5 nitrogen and oxygen atoms in total. The number of furan rings is 1. The van der Waals surface area contributed by atoms with Crippen LogP contribution in [0.25, 0.3) is 5.65 Å². The molecule has 0 bridgehead atoms. The summed E-state index contributed by atoms with van der Waals surface area (Å²) in [6.07, 6.45) is 3.96. The van der Waals surface area contributed by atoms with E-state index in [1.165, 1.54) is 0 Å². The molecule has 3 heterocycles. The van der Waals surface area contributed by atoms with Crippen LogP contribution in [0.2, 0.25) is 0 Å². The lowest BCUT2D eigenvalue weighted by Crippen LogP contribution is -2.35. The van der Waals surface area contributed by atoms with Crippen LogP contribution >= 0.6 is 0 Å². The fraction of sp³-hybridized carbons (Fsp3) is 0.353. The molecule has 3 rings (SSSR count). The van der Waals surface area contributed by atoms with Crippen LogP contribution in [0.15, 0.2) is 41.1 Å². The summed E-state index contributed by atoms with van der Waals surface area (Å²) in [5.74, 6) is 1.57. The summed E-state index contributed by atoms with van der Waals surface area (Å²) < 4.78 is 7.49. The molecule has 0 aliphatic heterocycles. The molecule has 1 atom stereocenters. The second-order valence-electron chi connectivity index (χ2n) is 5.90. The van der Waals surface area contributed by atoms with E-state index in [-0.39, 0.29) is 0 Å². The number of aromatic nitrogens is 2. The maximum atomic E-state index is 10.6. The first-order chi connectivity index (χ1) is 10.5. The quantitative estimate of drug-likeness (QED) is 0.760. The molecule has 22 heavy (non-hydrogen) atoms. The van der Waals surface area contributed by atoms with Crippen LogP contribution in [0.3, 0.4) is 0 Å². The van der Waals surface area contributed by atoms with Crippen LogP contribution in [-0.2, 0) is 12.1 Å². The van der Waals surface area contributed by atoms with E-state index in [0.29, 0.717) is 13.1 Å². The van der Waals surface area contributed by atoms with Crippen LogP contribution in [0, 0.1) is 13.8 Å². The van der Waals surface area contributed by atoms with Gasteiger partial charge >= 0.3 is 0 Å². The third-order valence-electron chi connectivity index (χ3n) is 3.81. The highest BCUT2D eigenvalue weighted by molar-refractivity contribution is 5.39. The summed E-state index contributed by atoms with van der Waals surface area (Å²) in [6, 6.07) is 7.80. The zero-order valence-corrected chi connectivity index (χ0v) is 13.1. The van der Waals surface area contributed by atoms with Crippen molar-refractivity contribution in [1.82, 2.24) is 14.7 Å². The maximum absolute atomic E-state index is 10.6. The Morgan fingerprint density at radius 3 is 2.86 bits per heavy atom. The van der Waals surface area contributed by atoms with E-state index >= 15 is 0 Å². The number of rotatable bonds is 5. The van der Waals surface area contributed by atoms with E-state index in [1.807, 2.05) is 54.9 Å². The molecule has 3 aromatic rings. The first-order valence-electron chi connectivity index (χ1n) is 7.39. The van der Waals surface area contributed by atoms with Crippen molar-refractivity contribution in [3.05, 3.63) is 59.4 Å². The summed E-state index contributed by atoms with van der Waals surface area (Å²) in [5.41, 5.74) is 1.73. The van der Waals surface area contributed by atoms with E-state index in [2.05, 4.69) is 10.3 Å². The van der Waals surface area contributed by atoms with Gasteiger partial charge in [-0.1, -0.05) is 6.07 Å². The lowest BCUT2D eigenvalue weighted by Gasteiger charge is -2.23. The minimum absolute atomic E-state index is 0.431. The average Bonchev–Trinajstić information content (AvgIpc) is 3.01. The molecule has 0 aromatic carbocycles. The van der Waals surface area contributed by atoms with Gasteiger partial charge in [0.1, 0.15) is 22.8 Å². The van der Waals surface area contributed by atoms with Crippen LogP contribution in [0.5, 0.6) is 0 Å². The minimum Gasteiger partial charge on any atom is -0.466 e. The number of aliphatic hydroxyl groups is 1. The number of nitrogens with zero attached hydrogens (tertiary/aromatic N) is 2. The first kappa shape index (κ1) is 14.8. The van der Waals surface area contributed by atoms with Crippen molar-refractivity contribution in [3.8, 4) is 0 Å². The molecule has 0 saturated carbocycles. The zero-order valence-electron chi connectivity index (χ0n) is 13.1. The Bertz CT molecular complexity index is 753. The van der Waals surface area contributed by atoms with Gasteiger partial charge in [-0.05, 0) is 39.0 Å². The SMILES string of the molecule is Cc1cc(C(C)(O)CNCc2cn3ccccc3n2)c(C)o1. The van der Waals surface area contributed by atoms with Gasteiger partial charge in [-0.3, -0.25) is 0 Å². The third kappa shape index (κ3) is 2.91. The summed E-state index contributed by atoms with van der Waals surface area (Å²) >= 11 is 0.